The van der Waals surface area contributed by atoms with Gasteiger partial charge in [0.1, 0.15) is 11.7 Å². The van der Waals surface area contributed by atoms with Gasteiger partial charge in [0.05, 0.1) is 44.7 Å². The SMILES string of the molecule is CCCCCCCCC[C@@H](O)C[C@H]1C[C@H](OCc2ccccc2)[C@@H](OCc2ccccc2)[C@@H](COCc2ccccc2)N1C(=O)OC(C)(C)C. The van der Waals surface area contributed by atoms with Crippen molar-refractivity contribution in [2.45, 2.75) is 148 Å². The molecule has 0 radical (unpaired) electrons. The van der Waals surface area contributed by atoms with Gasteiger partial charge in [-0.2, -0.15) is 0 Å². The minimum Gasteiger partial charge on any atom is -0.444 e. The number of unbranched alkanes of at least 4 members (excludes halogenated alkanes) is 6. The highest BCUT2D eigenvalue weighted by atomic mass is 16.6. The van der Waals surface area contributed by atoms with Crippen molar-refractivity contribution in [1.82, 2.24) is 4.90 Å². The first-order valence-electron chi connectivity index (χ1n) is 18.9. The van der Waals surface area contributed by atoms with Crippen LogP contribution in [-0.4, -0.2) is 58.7 Å². The first-order chi connectivity index (χ1) is 24.2. The van der Waals surface area contributed by atoms with Gasteiger partial charge in [0.15, 0.2) is 0 Å². The van der Waals surface area contributed by atoms with E-state index in [2.05, 4.69) is 19.1 Å². The second kappa shape index (κ2) is 21.2. The van der Waals surface area contributed by atoms with Crippen LogP contribution in [0.25, 0.3) is 0 Å². The summed E-state index contributed by atoms with van der Waals surface area (Å²) in [6.45, 7) is 9.28. The van der Waals surface area contributed by atoms with Crippen LogP contribution in [0.3, 0.4) is 0 Å². The number of piperidine rings is 1. The Bertz CT molecular complexity index is 1330. The summed E-state index contributed by atoms with van der Waals surface area (Å²) in [7, 11) is 0. The van der Waals surface area contributed by atoms with Crippen molar-refractivity contribution in [3.8, 4) is 0 Å². The van der Waals surface area contributed by atoms with E-state index in [0.717, 1.165) is 29.5 Å². The van der Waals surface area contributed by atoms with E-state index in [0.29, 0.717) is 39.1 Å². The fourth-order valence-corrected chi connectivity index (χ4v) is 6.74. The summed E-state index contributed by atoms with van der Waals surface area (Å²) in [5.41, 5.74) is 2.45. The Labute approximate surface area is 301 Å². The normalized spacial score (nSPS) is 20.1. The molecule has 1 saturated heterocycles. The Morgan fingerprint density at radius 1 is 0.760 bits per heavy atom. The quantitative estimate of drug-likeness (QED) is 0.119. The molecule has 0 aromatic heterocycles. The predicted octanol–water partition coefficient (Wildman–Crippen LogP) is 9.64. The van der Waals surface area contributed by atoms with E-state index in [1.807, 2.05) is 105 Å². The van der Waals surface area contributed by atoms with E-state index >= 15 is 0 Å². The Hall–Kier alpha value is -3.23. The van der Waals surface area contributed by atoms with Crippen LogP contribution in [0, 0.1) is 0 Å². The minimum absolute atomic E-state index is 0.225. The van der Waals surface area contributed by atoms with Crippen molar-refractivity contribution in [3.05, 3.63) is 108 Å². The van der Waals surface area contributed by atoms with Crippen LogP contribution in [-0.2, 0) is 38.8 Å². The fourth-order valence-electron chi connectivity index (χ4n) is 6.74. The second-order valence-corrected chi connectivity index (χ2v) is 14.7. The number of aliphatic hydroxyl groups is 1. The van der Waals surface area contributed by atoms with E-state index in [-0.39, 0.29) is 18.8 Å². The van der Waals surface area contributed by atoms with Crippen molar-refractivity contribution in [2.24, 2.45) is 0 Å². The summed E-state index contributed by atoms with van der Waals surface area (Å²) in [6.07, 6.45) is 8.12. The zero-order valence-electron chi connectivity index (χ0n) is 30.9. The Kier molecular flexibility index (Phi) is 16.8. The Morgan fingerprint density at radius 2 is 1.28 bits per heavy atom. The largest absolute Gasteiger partial charge is 0.444 e. The van der Waals surface area contributed by atoms with Gasteiger partial charge in [0.25, 0.3) is 0 Å². The molecule has 1 fully saturated rings. The third kappa shape index (κ3) is 13.8. The lowest BCUT2D eigenvalue weighted by molar-refractivity contribution is -0.170. The maximum atomic E-state index is 14.2. The number of carbonyl (C=O) groups excluding carboxylic acids is 1. The summed E-state index contributed by atoms with van der Waals surface area (Å²) >= 11 is 0. The van der Waals surface area contributed by atoms with Crippen molar-refractivity contribution in [1.29, 1.82) is 0 Å². The monoisotopic (exact) mass is 687 g/mol. The summed E-state index contributed by atoms with van der Waals surface area (Å²) in [5, 5.41) is 11.4. The van der Waals surface area contributed by atoms with Gasteiger partial charge in [-0.25, -0.2) is 4.79 Å². The van der Waals surface area contributed by atoms with Gasteiger partial charge in [0.2, 0.25) is 0 Å². The number of likely N-dealkylation sites (tertiary alicyclic amines) is 1. The van der Waals surface area contributed by atoms with Gasteiger partial charge in [-0.1, -0.05) is 143 Å². The maximum absolute atomic E-state index is 14.2. The van der Waals surface area contributed by atoms with E-state index in [4.69, 9.17) is 18.9 Å². The van der Waals surface area contributed by atoms with Crippen LogP contribution in [0.5, 0.6) is 0 Å². The van der Waals surface area contributed by atoms with Gasteiger partial charge >= 0.3 is 6.09 Å². The van der Waals surface area contributed by atoms with Gasteiger partial charge in [-0.3, -0.25) is 4.90 Å². The fraction of sp³-hybridized carbons (Fsp3) is 0.558. The molecule has 274 valence electrons. The molecule has 0 bridgehead atoms. The zero-order chi connectivity index (χ0) is 35.6. The highest BCUT2D eigenvalue weighted by Crippen LogP contribution is 2.34. The number of carbonyl (C=O) groups is 1. The molecule has 0 saturated carbocycles. The molecular formula is C43H61NO6. The summed E-state index contributed by atoms with van der Waals surface area (Å²) in [5.74, 6) is 0. The van der Waals surface area contributed by atoms with E-state index in [1.54, 1.807) is 0 Å². The zero-order valence-corrected chi connectivity index (χ0v) is 30.9. The number of benzene rings is 3. The predicted molar refractivity (Wildman–Crippen MR) is 200 cm³/mol. The van der Waals surface area contributed by atoms with Crippen molar-refractivity contribution >= 4 is 6.09 Å². The second-order valence-electron chi connectivity index (χ2n) is 14.7. The molecule has 1 amide bonds. The van der Waals surface area contributed by atoms with Gasteiger partial charge in [-0.15, -0.1) is 0 Å². The molecule has 7 nitrogen and oxygen atoms in total. The van der Waals surface area contributed by atoms with E-state index in [9.17, 15) is 9.90 Å². The first-order valence-corrected chi connectivity index (χ1v) is 18.9. The highest BCUT2D eigenvalue weighted by molar-refractivity contribution is 5.69. The number of hydrogen-bond donors (Lipinski definition) is 1. The molecule has 3 aromatic rings. The van der Waals surface area contributed by atoms with E-state index < -0.39 is 29.9 Å². The number of nitrogens with zero attached hydrogens (tertiary/aromatic N) is 1. The number of ether oxygens (including phenoxy) is 4. The lowest BCUT2D eigenvalue weighted by atomic mass is 9.87. The molecule has 1 aliphatic rings. The molecule has 1 N–H and O–H groups in total. The van der Waals surface area contributed by atoms with Crippen LogP contribution in [0.2, 0.25) is 0 Å². The summed E-state index contributed by atoms with van der Waals surface area (Å²) in [4.78, 5) is 16.0. The van der Waals surface area contributed by atoms with Crippen molar-refractivity contribution in [2.75, 3.05) is 6.61 Å². The Balaban J connectivity index is 1.60. The third-order valence-electron chi connectivity index (χ3n) is 9.28. The highest BCUT2D eigenvalue weighted by Gasteiger charge is 2.48. The van der Waals surface area contributed by atoms with Crippen molar-refractivity contribution in [3.63, 3.8) is 0 Å². The van der Waals surface area contributed by atoms with Crippen LogP contribution < -0.4 is 0 Å². The maximum Gasteiger partial charge on any atom is 0.410 e. The van der Waals surface area contributed by atoms with Crippen LogP contribution in [0.15, 0.2) is 91.0 Å². The van der Waals surface area contributed by atoms with Crippen LogP contribution in [0.4, 0.5) is 4.79 Å². The molecule has 3 aromatic carbocycles. The van der Waals surface area contributed by atoms with Crippen LogP contribution >= 0.6 is 0 Å². The smallest absolute Gasteiger partial charge is 0.410 e. The number of hydrogen-bond acceptors (Lipinski definition) is 6. The standard InChI is InChI=1S/C43H61NO6/c1-5-6-7-8-9-10-20-27-38(45)28-37-29-40(48-31-35-23-16-12-17-24-35)41(49-32-36-25-18-13-19-26-36)39(44(37)42(46)50-43(2,3)4)33-47-30-34-21-14-11-15-22-34/h11-19,21-26,37-41,45H,5-10,20,27-33H2,1-4H3/t37-,38+,39+,40-,41-/m0/s1. The molecule has 4 rings (SSSR count). The van der Waals surface area contributed by atoms with E-state index in [1.165, 1.54) is 32.1 Å². The Morgan fingerprint density at radius 3 is 1.84 bits per heavy atom. The minimum atomic E-state index is -0.700. The third-order valence-corrected chi connectivity index (χ3v) is 9.28. The lowest BCUT2D eigenvalue weighted by Gasteiger charge is -2.49. The number of aliphatic hydroxyl groups excluding tert-OH is 1. The topological polar surface area (TPSA) is 77.5 Å². The molecule has 0 aliphatic carbocycles. The molecule has 1 aliphatic heterocycles. The molecule has 5 atom stereocenters. The average Bonchev–Trinajstić information content (AvgIpc) is 3.10. The summed E-state index contributed by atoms with van der Waals surface area (Å²) < 4.78 is 25.9. The molecule has 7 heteroatoms. The molecule has 0 spiro atoms. The number of rotatable bonds is 20. The molecule has 0 unspecified atom stereocenters. The van der Waals surface area contributed by atoms with Gasteiger partial charge in [-0.05, 0) is 56.7 Å². The van der Waals surface area contributed by atoms with Gasteiger partial charge in [0, 0.05) is 6.04 Å². The molecular weight excluding hydrogens is 626 g/mol. The first kappa shape index (κ1) is 39.6. The van der Waals surface area contributed by atoms with Crippen LogP contribution in [0.1, 0.15) is 109 Å². The average molecular weight is 688 g/mol. The summed E-state index contributed by atoms with van der Waals surface area (Å²) in [6, 6.07) is 29.4. The molecule has 1 heterocycles. The lowest BCUT2D eigenvalue weighted by Crippen LogP contribution is -2.64. The molecule has 50 heavy (non-hydrogen) atoms. The van der Waals surface area contributed by atoms with Gasteiger partial charge < -0.3 is 24.1 Å². The van der Waals surface area contributed by atoms with Crippen molar-refractivity contribution < 1.29 is 28.8 Å². The number of amides is 1.